The topological polar surface area (TPSA) is 38.0 Å². The monoisotopic (exact) mass is 254 g/mol. The molecule has 1 atom stereocenters. The highest BCUT2D eigenvalue weighted by atomic mass is 19.1. The Bertz CT molecular complexity index is 369. The van der Waals surface area contributed by atoms with Crippen molar-refractivity contribution in [1.82, 2.24) is 5.43 Å². The first-order valence-electron chi connectivity index (χ1n) is 6.58. The number of hydrogen-bond acceptors (Lipinski definition) is 2. The van der Waals surface area contributed by atoms with Gasteiger partial charge in [-0.05, 0) is 36.5 Å². The van der Waals surface area contributed by atoms with Gasteiger partial charge in [0.15, 0.2) is 0 Å². The van der Waals surface area contributed by atoms with Crippen LogP contribution in [0.2, 0.25) is 0 Å². The molecule has 0 amide bonds. The van der Waals surface area contributed by atoms with Crippen molar-refractivity contribution in [2.24, 2.45) is 11.8 Å². The van der Waals surface area contributed by atoms with Gasteiger partial charge in [-0.2, -0.15) is 0 Å². The fourth-order valence-electron chi connectivity index (χ4n) is 2.87. The predicted octanol–water partition coefficient (Wildman–Crippen LogP) is 2.92. The average Bonchev–Trinajstić information content (AvgIpc) is 2.79. The summed E-state index contributed by atoms with van der Waals surface area (Å²) in [4.78, 5) is 0. The van der Waals surface area contributed by atoms with Crippen LogP contribution < -0.4 is 11.3 Å². The average molecular weight is 254 g/mol. The molecule has 1 aromatic carbocycles. The summed E-state index contributed by atoms with van der Waals surface area (Å²) in [5, 5.41) is 0. The van der Waals surface area contributed by atoms with Crippen LogP contribution in [0.1, 0.15) is 37.7 Å². The molecule has 0 spiro atoms. The van der Waals surface area contributed by atoms with Crippen LogP contribution in [0.3, 0.4) is 0 Å². The van der Waals surface area contributed by atoms with Crippen molar-refractivity contribution in [1.29, 1.82) is 0 Å². The molecule has 1 unspecified atom stereocenters. The van der Waals surface area contributed by atoms with Crippen molar-refractivity contribution in [3.05, 3.63) is 35.4 Å². The highest BCUT2D eigenvalue weighted by Crippen LogP contribution is 2.29. The Morgan fingerprint density at radius 2 is 1.78 bits per heavy atom. The molecule has 0 radical (unpaired) electrons. The largest absolute Gasteiger partial charge is 0.271 e. The number of rotatable bonds is 5. The summed E-state index contributed by atoms with van der Waals surface area (Å²) in [6, 6.07) is 3.74. The summed E-state index contributed by atoms with van der Waals surface area (Å²) in [5.41, 5.74) is 3.43. The molecule has 1 fully saturated rings. The molecule has 2 rings (SSSR count). The Labute approximate surface area is 107 Å². The normalized spacial score (nSPS) is 18.2. The van der Waals surface area contributed by atoms with Crippen LogP contribution in [0.4, 0.5) is 8.78 Å². The maximum absolute atomic E-state index is 13.1. The van der Waals surface area contributed by atoms with Crippen LogP contribution >= 0.6 is 0 Å². The van der Waals surface area contributed by atoms with Gasteiger partial charge in [-0.15, -0.1) is 0 Å². The third-order valence-corrected chi connectivity index (χ3v) is 3.73. The van der Waals surface area contributed by atoms with Gasteiger partial charge in [0.05, 0.1) is 0 Å². The minimum Gasteiger partial charge on any atom is -0.271 e. The zero-order valence-corrected chi connectivity index (χ0v) is 10.5. The number of nitrogens with one attached hydrogen (secondary N) is 1. The maximum Gasteiger partial charge on any atom is 0.126 e. The second kappa shape index (κ2) is 6.25. The molecular weight excluding hydrogens is 234 g/mol. The van der Waals surface area contributed by atoms with Gasteiger partial charge in [-0.3, -0.25) is 11.3 Å². The van der Waals surface area contributed by atoms with Gasteiger partial charge in [0.25, 0.3) is 0 Å². The number of halogens is 2. The van der Waals surface area contributed by atoms with E-state index in [9.17, 15) is 8.78 Å². The predicted molar refractivity (Wildman–Crippen MR) is 67.7 cm³/mol. The van der Waals surface area contributed by atoms with E-state index in [2.05, 4.69) is 5.43 Å². The standard InChI is InChI=1S/C14H20F2N2/c15-12-5-11(6-13(16)9-12)8-14(18-17)7-10-3-1-2-4-10/h5-6,9-10,14,18H,1-4,7-8,17H2. The lowest BCUT2D eigenvalue weighted by Gasteiger charge is -2.19. The van der Waals surface area contributed by atoms with Gasteiger partial charge in [-0.25, -0.2) is 8.78 Å². The molecule has 1 aliphatic carbocycles. The minimum atomic E-state index is -0.526. The molecule has 100 valence electrons. The Morgan fingerprint density at radius 3 is 2.33 bits per heavy atom. The number of hydrazine groups is 1. The molecule has 3 N–H and O–H groups in total. The number of hydrogen-bond donors (Lipinski definition) is 2. The highest BCUT2D eigenvalue weighted by molar-refractivity contribution is 5.19. The van der Waals surface area contributed by atoms with Crippen molar-refractivity contribution >= 4 is 0 Å². The second-order valence-corrected chi connectivity index (χ2v) is 5.23. The van der Waals surface area contributed by atoms with Crippen LogP contribution in [-0.4, -0.2) is 6.04 Å². The van der Waals surface area contributed by atoms with E-state index in [1.165, 1.54) is 37.8 Å². The van der Waals surface area contributed by atoms with Gasteiger partial charge in [0.1, 0.15) is 11.6 Å². The van der Waals surface area contributed by atoms with E-state index in [1.807, 2.05) is 0 Å². The maximum atomic E-state index is 13.1. The Kier molecular flexibility index (Phi) is 4.66. The van der Waals surface area contributed by atoms with Crippen molar-refractivity contribution in [2.45, 2.75) is 44.6 Å². The van der Waals surface area contributed by atoms with Crippen LogP contribution in [0, 0.1) is 17.6 Å². The number of benzene rings is 1. The fraction of sp³-hybridized carbons (Fsp3) is 0.571. The molecule has 2 nitrogen and oxygen atoms in total. The molecule has 4 heteroatoms. The Hall–Kier alpha value is -1.00. The van der Waals surface area contributed by atoms with Gasteiger partial charge in [-0.1, -0.05) is 25.7 Å². The van der Waals surface area contributed by atoms with Crippen molar-refractivity contribution in [2.75, 3.05) is 0 Å². The SMILES string of the molecule is NNC(Cc1cc(F)cc(F)c1)CC1CCCC1. The molecule has 1 aromatic rings. The van der Waals surface area contributed by atoms with E-state index in [1.54, 1.807) is 0 Å². The molecule has 1 aliphatic rings. The van der Waals surface area contributed by atoms with E-state index in [0.29, 0.717) is 17.9 Å². The smallest absolute Gasteiger partial charge is 0.126 e. The molecule has 0 aromatic heterocycles. The first-order chi connectivity index (χ1) is 8.67. The first kappa shape index (κ1) is 13.4. The van der Waals surface area contributed by atoms with Crippen LogP contribution in [0.15, 0.2) is 18.2 Å². The first-order valence-corrected chi connectivity index (χ1v) is 6.58. The quantitative estimate of drug-likeness (QED) is 0.626. The van der Waals surface area contributed by atoms with Gasteiger partial charge >= 0.3 is 0 Å². The van der Waals surface area contributed by atoms with Crippen molar-refractivity contribution in [3.63, 3.8) is 0 Å². The molecular formula is C14H20F2N2. The summed E-state index contributed by atoms with van der Waals surface area (Å²) in [7, 11) is 0. The van der Waals surface area contributed by atoms with Gasteiger partial charge < -0.3 is 0 Å². The summed E-state index contributed by atoms with van der Waals surface area (Å²) in [5.74, 6) is 5.18. The Morgan fingerprint density at radius 1 is 1.17 bits per heavy atom. The molecule has 1 saturated carbocycles. The summed E-state index contributed by atoms with van der Waals surface area (Å²) >= 11 is 0. The van der Waals surface area contributed by atoms with E-state index in [-0.39, 0.29) is 6.04 Å². The summed E-state index contributed by atoms with van der Waals surface area (Å²) < 4.78 is 26.2. The Balaban J connectivity index is 1.95. The van der Waals surface area contributed by atoms with Gasteiger partial charge in [0, 0.05) is 12.1 Å². The van der Waals surface area contributed by atoms with E-state index >= 15 is 0 Å². The molecule has 18 heavy (non-hydrogen) atoms. The third-order valence-electron chi connectivity index (χ3n) is 3.73. The van der Waals surface area contributed by atoms with Crippen molar-refractivity contribution in [3.8, 4) is 0 Å². The van der Waals surface area contributed by atoms with Crippen molar-refractivity contribution < 1.29 is 8.78 Å². The molecule has 0 saturated heterocycles. The fourth-order valence-corrected chi connectivity index (χ4v) is 2.87. The van der Waals surface area contributed by atoms with Gasteiger partial charge in [0.2, 0.25) is 0 Å². The third kappa shape index (κ3) is 3.75. The lowest BCUT2D eigenvalue weighted by Crippen LogP contribution is -2.38. The summed E-state index contributed by atoms with van der Waals surface area (Å²) in [6.45, 7) is 0. The zero-order chi connectivity index (χ0) is 13.0. The lowest BCUT2D eigenvalue weighted by molar-refractivity contribution is 0.388. The summed E-state index contributed by atoms with van der Waals surface area (Å²) in [6.07, 6.45) is 6.62. The van der Waals surface area contributed by atoms with Crippen LogP contribution in [0.25, 0.3) is 0 Å². The highest BCUT2D eigenvalue weighted by Gasteiger charge is 2.20. The minimum absolute atomic E-state index is 0.0919. The van der Waals surface area contributed by atoms with Crippen LogP contribution in [0.5, 0.6) is 0 Å². The second-order valence-electron chi connectivity index (χ2n) is 5.23. The molecule has 0 bridgehead atoms. The van der Waals surface area contributed by atoms with Crippen LogP contribution in [-0.2, 0) is 6.42 Å². The molecule has 0 aliphatic heterocycles. The zero-order valence-electron chi connectivity index (χ0n) is 10.5. The lowest BCUT2D eigenvalue weighted by atomic mass is 9.94. The van der Waals surface area contributed by atoms with E-state index < -0.39 is 11.6 Å². The van der Waals surface area contributed by atoms with E-state index in [4.69, 9.17) is 5.84 Å². The van der Waals surface area contributed by atoms with E-state index in [0.717, 1.165) is 12.5 Å². The number of nitrogens with two attached hydrogens (primary N) is 1. The molecule has 0 heterocycles.